The van der Waals surface area contributed by atoms with Crippen molar-refractivity contribution in [2.45, 2.75) is 13.3 Å². The lowest BCUT2D eigenvalue weighted by Crippen LogP contribution is -2.02. The predicted octanol–water partition coefficient (Wildman–Crippen LogP) is 3.50. The van der Waals surface area contributed by atoms with Crippen molar-refractivity contribution in [2.24, 2.45) is 0 Å². The summed E-state index contributed by atoms with van der Waals surface area (Å²) in [6.45, 7) is 2.59. The zero-order valence-electron chi connectivity index (χ0n) is 11.7. The Hall–Kier alpha value is -2.47. The van der Waals surface area contributed by atoms with Crippen LogP contribution in [0, 0.1) is 18.3 Å². The van der Waals surface area contributed by atoms with Crippen LogP contribution in [0.1, 0.15) is 16.7 Å². The second-order valence-corrected chi connectivity index (χ2v) is 4.56. The van der Waals surface area contributed by atoms with E-state index in [1.54, 1.807) is 7.11 Å². The highest BCUT2D eigenvalue weighted by molar-refractivity contribution is 5.42. The molecule has 0 saturated carbocycles. The van der Waals surface area contributed by atoms with Gasteiger partial charge in [0, 0.05) is 6.42 Å². The highest BCUT2D eigenvalue weighted by Gasteiger charge is 2.04. The Morgan fingerprint density at radius 2 is 1.80 bits per heavy atom. The lowest BCUT2D eigenvalue weighted by molar-refractivity contribution is 0.297. The molecule has 0 aliphatic carbocycles. The van der Waals surface area contributed by atoms with E-state index in [0.717, 1.165) is 29.0 Å². The number of hydrogen-bond donors (Lipinski definition) is 0. The van der Waals surface area contributed by atoms with Crippen LogP contribution in [-0.4, -0.2) is 13.7 Å². The first-order valence-corrected chi connectivity index (χ1v) is 6.49. The van der Waals surface area contributed by atoms with Gasteiger partial charge in [-0.3, -0.25) is 0 Å². The van der Waals surface area contributed by atoms with Crippen LogP contribution in [0.2, 0.25) is 0 Å². The van der Waals surface area contributed by atoms with Gasteiger partial charge in [0.25, 0.3) is 0 Å². The van der Waals surface area contributed by atoms with Gasteiger partial charge in [0.15, 0.2) is 11.5 Å². The van der Waals surface area contributed by atoms with Crippen molar-refractivity contribution in [1.82, 2.24) is 0 Å². The maximum Gasteiger partial charge on any atom is 0.161 e. The Balaban J connectivity index is 1.94. The van der Waals surface area contributed by atoms with Crippen molar-refractivity contribution in [3.8, 4) is 17.6 Å². The summed E-state index contributed by atoms with van der Waals surface area (Å²) in [5.74, 6) is 1.51. The van der Waals surface area contributed by atoms with Crippen LogP contribution in [0.4, 0.5) is 0 Å². The van der Waals surface area contributed by atoms with Gasteiger partial charge in [0.1, 0.15) is 0 Å². The third kappa shape index (κ3) is 3.52. The van der Waals surface area contributed by atoms with Crippen LogP contribution in [0.5, 0.6) is 11.5 Å². The minimum absolute atomic E-state index is 0.575. The molecule has 0 atom stereocenters. The van der Waals surface area contributed by atoms with Crippen LogP contribution in [0.15, 0.2) is 42.5 Å². The molecule has 0 aliphatic heterocycles. The summed E-state index contributed by atoms with van der Waals surface area (Å²) in [5.41, 5.74) is 2.96. The van der Waals surface area contributed by atoms with Gasteiger partial charge >= 0.3 is 0 Å². The zero-order valence-corrected chi connectivity index (χ0v) is 11.7. The Morgan fingerprint density at radius 3 is 2.45 bits per heavy atom. The number of ether oxygens (including phenoxy) is 2. The quantitative estimate of drug-likeness (QED) is 0.832. The lowest BCUT2D eigenvalue weighted by atomic mass is 10.1. The summed E-state index contributed by atoms with van der Waals surface area (Å²) < 4.78 is 11.1. The number of methoxy groups -OCH3 is 1. The van der Waals surface area contributed by atoms with Crippen LogP contribution >= 0.6 is 0 Å². The largest absolute Gasteiger partial charge is 0.493 e. The lowest BCUT2D eigenvalue weighted by Gasteiger charge is -2.11. The van der Waals surface area contributed by atoms with E-state index >= 15 is 0 Å². The second kappa shape index (κ2) is 6.63. The molecule has 102 valence electrons. The standard InChI is InChI=1S/C17H17NO2/c1-13-3-8-16(17(11-13)19-2)20-10-9-14-4-6-15(12-18)7-5-14/h3-8,11H,9-10H2,1-2H3. The third-order valence-electron chi connectivity index (χ3n) is 3.05. The summed E-state index contributed by atoms with van der Waals surface area (Å²) >= 11 is 0. The van der Waals surface area contributed by atoms with Gasteiger partial charge in [-0.25, -0.2) is 0 Å². The molecule has 0 saturated heterocycles. The molecule has 2 aromatic carbocycles. The number of benzene rings is 2. The Morgan fingerprint density at radius 1 is 1.05 bits per heavy atom. The smallest absolute Gasteiger partial charge is 0.161 e. The highest BCUT2D eigenvalue weighted by atomic mass is 16.5. The zero-order chi connectivity index (χ0) is 14.4. The average Bonchev–Trinajstić information content (AvgIpc) is 2.49. The van der Waals surface area contributed by atoms with Crippen molar-refractivity contribution in [3.05, 3.63) is 59.2 Å². The average molecular weight is 267 g/mol. The molecule has 2 rings (SSSR count). The topological polar surface area (TPSA) is 42.2 Å². The number of rotatable bonds is 5. The summed E-state index contributed by atoms with van der Waals surface area (Å²) in [5, 5.41) is 8.74. The van der Waals surface area contributed by atoms with E-state index in [1.165, 1.54) is 0 Å². The highest BCUT2D eigenvalue weighted by Crippen LogP contribution is 2.27. The molecule has 0 aromatic heterocycles. The van der Waals surface area contributed by atoms with Crippen molar-refractivity contribution >= 4 is 0 Å². The van der Waals surface area contributed by atoms with Crippen LogP contribution in [-0.2, 0) is 6.42 Å². The first-order valence-electron chi connectivity index (χ1n) is 6.49. The van der Waals surface area contributed by atoms with Gasteiger partial charge in [0.05, 0.1) is 25.3 Å². The SMILES string of the molecule is COc1cc(C)ccc1OCCc1ccc(C#N)cc1. The van der Waals surface area contributed by atoms with Crippen molar-refractivity contribution < 1.29 is 9.47 Å². The summed E-state index contributed by atoms with van der Waals surface area (Å²) in [6, 6.07) is 15.5. The molecule has 2 aromatic rings. The molecule has 0 N–H and O–H groups in total. The normalized spacial score (nSPS) is 9.85. The first kappa shape index (κ1) is 14.0. The molecular formula is C17H17NO2. The molecule has 0 aliphatic rings. The van der Waals surface area contributed by atoms with Crippen LogP contribution in [0.3, 0.4) is 0 Å². The number of hydrogen-bond acceptors (Lipinski definition) is 3. The summed E-state index contributed by atoms with van der Waals surface area (Å²) in [4.78, 5) is 0. The molecular weight excluding hydrogens is 250 g/mol. The van der Waals surface area contributed by atoms with E-state index < -0.39 is 0 Å². The number of nitriles is 1. The minimum Gasteiger partial charge on any atom is -0.493 e. The molecule has 0 unspecified atom stereocenters. The molecule has 0 bridgehead atoms. The maximum atomic E-state index is 8.74. The fourth-order valence-corrected chi connectivity index (χ4v) is 1.92. The minimum atomic E-state index is 0.575. The third-order valence-corrected chi connectivity index (χ3v) is 3.05. The Bertz CT molecular complexity index is 612. The van der Waals surface area contributed by atoms with Gasteiger partial charge in [-0.1, -0.05) is 18.2 Å². The van der Waals surface area contributed by atoms with Crippen LogP contribution in [0.25, 0.3) is 0 Å². The van der Waals surface area contributed by atoms with E-state index in [4.69, 9.17) is 14.7 Å². The van der Waals surface area contributed by atoms with Crippen LogP contribution < -0.4 is 9.47 Å². The molecule has 0 heterocycles. The molecule has 0 radical (unpaired) electrons. The van der Waals surface area contributed by atoms with E-state index in [-0.39, 0.29) is 0 Å². The molecule has 0 spiro atoms. The van der Waals surface area contributed by atoms with E-state index in [1.807, 2.05) is 49.4 Å². The van der Waals surface area contributed by atoms with Gasteiger partial charge < -0.3 is 9.47 Å². The maximum absolute atomic E-state index is 8.74. The van der Waals surface area contributed by atoms with Crippen molar-refractivity contribution in [2.75, 3.05) is 13.7 Å². The molecule has 3 nitrogen and oxygen atoms in total. The number of aryl methyl sites for hydroxylation is 1. The predicted molar refractivity (Wildman–Crippen MR) is 78.1 cm³/mol. The number of nitrogens with zero attached hydrogens (tertiary/aromatic N) is 1. The fourth-order valence-electron chi connectivity index (χ4n) is 1.92. The van der Waals surface area contributed by atoms with E-state index in [9.17, 15) is 0 Å². The van der Waals surface area contributed by atoms with Gasteiger partial charge in [-0.15, -0.1) is 0 Å². The first-order chi connectivity index (χ1) is 9.72. The molecule has 20 heavy (non-hydrogen) atoms. The monoisotopic (exact) mass is 267 g/mol. The van der Waals surface area contributed by atoms with Gasteiger partial charge in [0.2, 0.25) is 0 Å². The molecule has 0 fully saturated rings. The van der Waals surface area contributed by atoms with E-state index in [2.05, 4.69) is 6.07 Å². The van der Waals surface area contributed by atoms with Crippen molar-refractivity contribution in [3.63, 3.8) is 0 Å². The van der Waals surface area contributed by atoms with Gasteiger partial charge in [-0.05, 0) is 42.3 Å². The Labute approximate surface area is 119 Å². The Kier molecular flexibility index (Phi) is 4.62. The second-order valence-electron chi connectivity index (χ2n) is 4.56. The molecule has 0 amide bonds. The molecule has 3 heteroatoms. The summed E-state index contributed by atoms with van der Waals surface area (Å²) in [6.07, 6.45) is 0.794. The van der Waals surface area contributed by atoms with Crippen molar-refractivity contribution in [1.29, 1.82) is 5.26 Å². The summed E-state index contributed by atoms with van der Waals surface area (Å²) in [7, 11) is 1.64. The fraction of sp³-hybridized carbons (Fsp3) is 0.235. The van der Waals surface area contributed by atoms with Gasteiger partial charge in [-0.2, -0.15) is 5.26 Å². The van der Waals surface area contributed by atoms with E-state index in [0.29, 0.717) is 12.2 Å².